The number of rotatable bonds is 9. The molecule has 1 heterocycles. The molecular weight excluding hydrogens is 382 g/mol. The fourth-order valence-corrected chi connectivity index (χ4v) is 3.51. The largest absolute Gasteiger partial charge is 0.493 e. The van der Waals surface area contributed by atoms with Gasteiger partial charge in [0, 0.05) is 6.54 Å². The molecule has 0 radical (unpaired) electrons. The molecule has 0 saturated carbocycles. The molecule has 2 aromatic carbocycles. The molecule has 158 valence electrons. The van der Waals surface area contributed by atoms with Crippen LogP contribution in [0.5, 0.6) is 17.2 Å². The smallest absolute Gasteiger partial charge is 0.250 e. The molecule has 0 aromatic heterocycles. The van der Waals surface area contributed by atoms with Crippen LogP contribution < -0.4 is 19.5 Å². The van der Waals surface area contributed by atoms with Crippen LogP contribution >= 0.6 is 0 Å². The monoisotopic (exact) mass is 409 g/mol. The van der Waals surface area contributed by atoms with Gasteiger partial charge in [0.15, 0.2) is 11.5 Å². The average Bonchev–Trinajstić information content (AvgIpc) is 3.23. The normalized spacial score (nSPS) is 15.6. The highest BCUT2D eigenvalue weighted by atomic mass is 16.5. The summed E-state index contributed by atoms with van der Waals surface area (Å²) in [6.07, 6.45) is 1.87. The number of hydrogen-bond donors (Lipinski definition) is 1. The van der Waals surface area contributed by atoms with Gasteiger partial charge >= 0.3 is 0 Å². The summed E-state index contributed by atoms with van der Waals surface area (Å²) in [5.74, 6) is 1.33. The fourth-order valence-electron chi connectivity index (χ4n) is 3.51. The third-order valence-electron chi connectivity index (χ3n) is 5.04. The van der Waals surface area contributed by atoms with Crippen LogP contribution in [0.25, 0.3) is 0 Å². The minimum atomic E-state index is -0.552. The highest BCUT2D eigenvalue weighted by Gasteiger charge is 2.33. The van der Waals surface area contributed by atoms with E-state index in [0.29, 0.717) is 36.0 Å². The third-order valence-corrected chi connectivity index (χ3v) is 5.04. The summed E-state index contributed by atoms with van der Waals surface area (Å²) in [4.78, 5) is 13.0. The number of carbonyl (C=O) groups is 1. The number of carbonyl (C=O) groups excluding carboxylic acids is 1. The lowest BCUT2D eigenvalue weighted by molar-refractivity contribution is -0.118. The van der Waals surface area contributed by atoms with E-state index in [0.717, 1.165) is 17.6 Å². The first-order valence-electron chi connectivity index (χ1n) is 9.72. The maximum absolute atomic E-state index is 13.0. The van der Waals surface area contributed by atoms with Crippen molar-refractivity contribution in [3.05, 3.63) is 77.4 Å². The van der Waals surface area contributed by atoms with Gasteiger partial charge in [0.2, 0.25) is 5.75 Å². The van der Waals surface area contributed by atoms with Gasteiger partial charge in [-0.25, -0.2) is 0 Å². The number of ether oxygens (including phenoxy) is 4. The van der Waals surface area contributed by atoms with Gasteiger partial charge in [0.25, 0.3) is 5.91 Å². The Labute approximate surface area is 177 Å². The maximum atomic E-state index is 13.0. The van der Waals surface area contributed by atoms with Crippen molar-refractivity contribution in [3.63, 3.8) is 0 Å². The zero-order valence-corrected chi connectivity index (χ0v) is 17.6. The lowest BCUT2D eigenvalue weighted by Gasteiger charge is -2.19. The van der Waals surface area contributed by atoms with Crippen molar-refractivity contribution in [2.45, 2.75) is 12.5 Å². The first-order chi connectivity index (χ1) is 14.6. The van der Waals surface area contributed by atoms with Crippen LogP contribution in [0.4, 0.5) is 0 Å². The minimum Gasteiger partial charge on any atom is -0.493 e. The van der Waals surface area contributed by atoms with E-state index in [4.69, 9.17) is 18.9 Å². The van der Waals surface area contributed by atoms with E-state index in [1.807, 2.05) is 30.3 Å². The molecule has 1 aliphatic heterocycles. The standard InChI is InChI=1S/C24H27NO5/c1-5-17-15-30-22(18-13-19(27-2)23(29-4)20(14-18)28-3)21(17)24(26)25-12-11-16-9-7-6-8-10-16/h5-10,13-14,22H,1,11-12,15H2,2-4H3,(H,25,26). The molecule has 1 aliphatic rings. The Hall–Kier alpha value is -3.25. The van der Waals surface area contributed by atoms with Gasteiger partial charge in [-0.1, -0.05) is 43.0 Å². The van der Waals surface area contributed by atoms with Crippen molar-refractivity contribution in [1.29, 1.82) is 0 Å². The van der Waals surface area contributed by atoms with E-state index in [9.17, 15) is 4.79 Å². The van der Waals surface area contributed by atoms with Gasteiger partial charge in [0.05, 0.1) is 33.5 Å². The van der Waals surface area contributed by atoms with Gasteiger partial charge in [-0.2, -0.15) is 0 Å². The van der Waals surface area contributed by atoms with Crippen LogP contribution in [-0.2, 0) is 16.0 Å². The molecule has 3 rings (SSSR count). The second kappa shape index (κ2) is 9.98. The van der Waals surface area contributed by atoms with Crippen LogP contribution in [0.3, 0.4) is 0 Å². The summed E-state index contributed by atoms with van der Waals surface area (Å²) in [5.41, 5.74) is 3.23. The molecule has 1 N–H and O–H groups in total. The van der Waals surface area contributed by atoms with Crippen LogP contribution in [-0.4, -0.2) is 40.4 Å². The molecule has 1 amide bonds. The van der Waals surface area contributed by atoms with Gasteiger partial charge in [-0.15, -0.1) is 0 Å². The Morgan fingerprint density at radius 2 is 1.80 bits per heavy atom. The summed E-state index contributed by atoms with van der Waals surface area (Å²) >= 11 is 0. The quantitative estimate of drug-likeness (QED) is 0.685. The van der Waals surface area contributed by atoms with E-state index in [2.05, 4.69) is 11.9 Å². The molecule has 0 aliphatic carbocycles. The first kappa shape index (κ1) is 21.5. The Kier molecular flexibility index (Phi) is 7.14. The Balaban J connectivity index is 1.84. The predicted octanol–water partition coefficient (Wildman–Crippen LogP) is 3.63. The Bertz CT molecular complexity index is 911. The molecular formula is C24H27NO5. The zero-order valence-electron chi connectivity index (χ0n) is 17.6. The van der Waals surface area contributed by atoms with E-state index in [1.165, 1.54) is 5.56 Å². The lowest BCUT2D eigenvalue weighted by Crippen LogP contribution is -2.29. The maximum Gasteiger partial charge on any atom is 0.250 e. The van der Waals surface area contributed by atoms with Crippen LogP contribution in [0.2, 0.25) is 0 Å². The molecule has 6 heteroatoms. The summed E-state index contributed by atoms with van der Waals surface area (Å²) in [6, 6.07) is 13.6. The van der Waals surface area contributed by atoms with Gasteiger partial charge in [-0.3, -0.25) is 4.79 Å². The van der Waals surface area contributed by atoms with Crippen molar-refractivity contribution < 1.29 is 23.7 Å². The number of methoxy groups -OCH3 is 3. The predicted molar refractivity (Wildman–Crippen MR) is 115 cm³/mol. The lowest BCUT2D eigenvalue weighted by atomic mass is 9.97. The summed E-state index contributed by atoms with van der Waals surface area (Å²) in [6.45, 7) is 4.68. The number of amides is 1. The van der Waals surface area contributed by atoms with Crippen LogP contribution in [0.1, 0.15) is 17.2 Å². The third kappa shape index (κ3) is 4.49. The molecule has 0 fully saturated rings. The van der Waals surface area contributed by atoms with Crippen LogP contribution in [0, 0.1) is 0 Å². The van der Waals surface area contributed by atoms with Crippen LogP contribution in [0.15, 0.2) is 66.3 Å². The Morgan fingerprint density at radius 1 is 1.13 bits per heavy atom. The second-order valence-electron chi connectivity index (χ2n) is 6.78. The van der Waals surface area contributed by atoms with Crippen molar-refractivity contribution in [3.8, 4) is 17.2 Å². The summed E-state index contributed by atoms with van der Waals surface area (Å²) in [5, 5.41) is 3.01. The number of nitrogens with one attached hydrogen (secondary N) is 1. The SMILES string of the molecule is C=CC1=C(C(=O)NCCc2ccccc2)C(c2cc(OC)c(OC)c(OC)c2)OC1. The van der Waals surface area contributed by atoms with E-state index >= 15 is 0 Å². The highest BCUT2D eigenvalue weighted by Crippen LogP contribution is 2.43. The van der Waals surface area contributed by atoms with Crippen molar-refractivity contribution in [2.24, 2.45) is 0 Å². The van der Waals surface area contributed by atoms with Gasteiger partial charge < -0.3 is 24.3 Å². The number of hydrogen-bond acceptors (Lipinski definition) is 5. The summed E-state index contributed by atoms with van der Waals surface area (Å²) < 4.78 is 22.2. The van der Waals surface area contributed by atoms with E-state index in [1.54, 1.807) is 39.5 Å². The molecule has 0 spiro atoms. The Morgan fingerprint density at radius 3 is 2.37 bits per heavy atom. The van der Waals surface area contributed by atoms with Gasteiger partial charge in [0.1, 0.15) is 6.10 Å². The molecule has 1 atom stereocenters. The molecule has 1 unspecified atom stereocenters. The van der Waals surface area contributed by atoms with Crippen molar-refractivity contribution in [1.82, 2.24) is 5.32 Å². The highest BCUT2D eigenvalue weighted by molar-refractivity contribution is 5.96. The van der Waals surface area contributed by atoms with Crippen molar-refractivity contribution >= 4 is 5.91 Å². The number of benzene rings is 2. The molecule has 0 saturated heterocycles. The molecule has 0 bridgehead atoms. The first-order valence-corrected chi connectivity index (χ1v) is 9.72. The van der Waals surface area contributed by atoms with E-state index < -0.39 is 6.10 Å². The molecule has 30 heavy (non-hydrogen) atoms. The fraction of sp³-hybridized carbons (Fsp3) is 0.292. The topological polar surface area (TPSA) is 66.0 Å². The summed E-state index contributed by atoms with van der Waals surface area (Å²) in [7, 11) is 4.66. The zero-order chi connectivity index (χ0) is 21.5. The van der Waals surface area contributed by atoms with Gasteiger partial charge in [-0.05, 0) is 35.3 Å². The second-order valence-corrected chi connectivity index (χ2v) is 6.78. The van der Waals surface area contributed by atoms with Crippen molar-refractivity contribution in [2.75, 3.05) is 34.5 Å². The molecule has 6 nitrogen and oxygen atoms in total. The van der Waals surface area contributed by atoms with E-state index in [-0.39, 0.29) is 5.91 Å². The average molecular weight is 409 g/mol. The minimum absolute atomic E-state index is 0.169. The molecule has 2 aromatic rings.